The van der Waals surface area contributed by atoms with E-state index >= 15 is 0 Å². The van der Waals surface area contributed by atoms with Crippen molar-refractivity contribution in [3.8, 4) is 5.75 Å². The quantitative estimate of drug-likeness (QED) is 0.702. The lowest BCUT2D eigenvalue weighted by atomic mass is 10.0. The van der Waals surface area contributed by atoms with Gasteiger partial charge in [-0.1, -0.05) is 0 Å². The number of amides is 1. The molecule has 1 heterocycles. The number of carbonyl (C=O) groups is 1. The first-order valence-electron chi connectivity index (χ1n) is 6.34. The average molecular weight is 248 g/mol. The SMILES string of the molecule is Cc1cc(NC(=O)C2CCCN2)c(C)c(C)c1O. The second-order valence-electron chi connectivity index (χ2n) is 4.98. The number of phenolic OH excluding ortho intramolecular Hbond substituents is 1. The van der Waals surface area contributed by atoms with Gasteiger partial charge in [-0.2, -0.15) is 0 Å². The number of carbonyl (C=O) groups excluding carboxylic acids is 1. The van der Waals surface area contributed by atoms with Crippen molar-refractivity contribution >= 4 is 11.6 Å². The van der Waals surface area contributed by atoms with Crippen LogP contribution in [0.2, 0.25) is 0 Å². The Kier molecular flexibility index (Phi) is 3.57. The van der Waals surface area contributed by atoms with Crippen LogP contribution in [0.4, 0.5) is 5.69 Å². The first-order chi connectivity index (χ1) is 8.50. The fourth-order valence-electron chi connectivity index (χ4n) is 2.33. The van der Waals surface area contributed by atoms with Crippen LogP contribution in [0.25, 0.3) is 0 Å². The van der Waals surface area contributed by atoms with Crippen molar-refractivity contribution in [2.24, 2.45) is 0 Å². The van der Waals surface area contributed by atoms with E-state index in [4.69, 9.17) is 0 Å². The van der Waals surface area contributed by atoms with Gasteiger partial charge in [0.05, 0.1) is 6.04 Å². The normalized spacial score (nSPS) is 18.9. The highest BCUT2D eigenvalue weighted by molar-refractivity contribution is 5.96. The minimum atomic E-state index is -0.0844. The van der Waals surface area contributed by atoms with Crippen LogP contribution in [0.15, 0.2) is 6.07 Å². The Morgan fingerprint density at radius 3 is 2.72 bits per heavy atom. The van der Waals surface area contributed by atoms with E-state index in [-0.39, 0.29) is 11.9 Å². The summed E-state index contributed by atoms with van der Waals surface area (Å²) in [5.41, 5.74) is 3.32. The Morgan fingerprint density at radius 1 is 1.39 bits per heavy atom. The molecular weight excluding hydrogens is 228 g/mol. The predicted molar refractivity (Wildman–Crippen MR) is 72.0 cm³/mol. The Morgan fingerprint density at radius 2 is 2.11 bits per heavy atom. The Bertz CT molecular complexity index is 477. The second-order valence-corrected chi connectivity index (χ2v) is 4.98. The smallest absolute Gasteiger partial charge is 0.241 e. The van der Waals surface area contributed by atoms with Crippen LogP contribution in [0.3, 0.4) is 0 Å². The van der Waals surface area contributed by atoms with Crippen LogP contribution < -0.4 is 10.6 Å². The third kappa shape index (κ3) is 2.34. The van der Waals surface area contributed by atoms with Gasteiger partial charge in [-0.15, -0.1) is 0 Å². The number of nitrogens with one attached hydrogen (secondary N) is 2. The van der Waals surface area contributed by atoms with Crippen LogP contribution in [0, 0.1) is 20.8 Å². The first-order valence-corrected chi connectivity index (χ1v) is 6.34. The van der Waals surface area contributed by atoms with Crippen LogP contribution in [0.1, 0.15) is 29.5 Å². The molecule has 1 fully saturated rings. The molecule has 18 heavy (non-hydrogen) atoms. The van der Waals surface area contributed by atoms with E-state index in [1.54, 1.807) is 0 Å². The molecule has 1 amide bonds. The topological polar surface area (TPSA) is 61.4 Å². The zero-order valence-corrected chi connectivity index (χ0v) is 11.1. The number of aryl methyl sites for hydroxylation is 1. The largest absolute Gasteiger partial charge is 0.507 e. The predicted octanol–water partition coefficient (Wildman–Crippen LogP) is 2.01. The van der Waals surface area contributed by atoms with E-state index in [0.29, 0.717) is 5.75 Å². The highest BCUT2D eigenvalue weighted by Gasteiger charge is 2.22. The number of rotatable bonds is 2. The molecule has 4 heteroatoms. The van der Waals surface area contributed by atoms with Crippen LogP contribution >= 0.6 is 0 Å². The summed E-state index contributed by atoms with van der Waals surface area (Å²) in [5, 5.41) is 16.0. The Balaban J connectivity index is 2.21. The van der Waals surface area contributed by atoms with Gasteiger partial charge in [-0.05, 0) is 62.9 Å². The third-order valence-electron chi connectivity index (χ3n) is 3.69. The van der Waals surface area contributed by atoms with E-state index in [9.17, 15) is 9.90 Å². The monoisotopic (exact) mass is 248 g/mol. The van der Waals surface area contributed by atoms with Gasteiger partial charge in [0.25, 0.3) is 0 Å². The van der Waals surface area contributed by atoms with Crippen molar-refractivity contribution in [3.05, 3.63) is 22.8 Å². The lowest BCUT2D eigenvalue weighted by molar-refractivity contribution is -0.117. The van der Waals surface area contributed by atoms with E-state index < -0.39 is 0 Å². The van der Waals surface area contributed by atoms with Crippen molar-refractivity contribution in [2.45, 2.75) is 39.7 Å². The minimum Gasteiger partial charge on any atom is -0.507 e. The minimum absolute atomic E-state index is 0.0140. The molecule has 0 radical (unpaired) electrons. The van der Waals surface area contributed by atoms with Gasteiger partial charge in [-0.25, -0.2) is 0 Å². The number of phenols is 1. The number of aromatic hydroxyl groups is 1. The van der Waals surface area contributed by atoms with E-state index in [2.05, 4.69) is 10.6 Å². The summed E-state index contributed by atoms with van der Waals surface area (Å²) in [7, 11) is 0. The molecule has 2 rings (SSSR count). The molecule has 0 aliphatic carbocycles. The summed E-state index contributed by atoms with van der Waals surface area (Å²) < 4.78 is 0. The molecule has 0 bridgehead atoms. The number of benzene rings is 1. The molecule has 3 N–H and O–H groups in total. The second kappa shape index (κ2) is 4.98. The molecule has 1 aromatic carbocycles. The molecule has 1 saturated heterocycles. The summed E-state index contributed by atoms with van der Waals surface area (Å²) in [6.07, 6.45) is 1.94. The van der Waals surface area contributed by atoms with Crippen molar-refractivity contribution in [2.75, 3.05) is 11.9 Å². The van der Waals surface area contributed by atoms with Crippen LogP contribution in [-0.2, 0) is 4.79 Å². The average Bonchev–Trinajstić information content (AvgIpc) is 2.87. The first kappa shape index (κ1) is 12.9. The fraction of sp³-hybridized carbons (Fsp3) is 0.500. The van der Waals surface area contributed by atoms with Crippen LogP contribution in [0.5, 0.6) is 5.75 Å². The maximum absolute atomic E-state index is 12.0. The molecule has 1 unspecified atom stereocenters. The highest BCUT2D eigenvalue weighted by atomic mass is 16.3. The third-order valence-corrected chi connectivity index (χ3v) is 3.69. The van der Waals surface area contributed by atoms with Gasteiger partial charge in [0.15, 0.2) is 0 Å². The van der Waals surface area contributed by atoms with Gasteiger partial charge in [0.2, 0.25) is 5.91 Å². The maximum Gasteiger partial charge on any atom is 0.241 e. The lowest BCUT2D eigenvalue weighted by Crippen LogP contribution is -2.35. The molecule has 4 nitrogen and oxygen atoms in total. The molecule has 1 aromatic rings. The number of hydrogen-bond donors (Lipinski definition) is 3. The van der Waals surface area contributed by atoms with E-state index in [1.807, 2.05) is 26.8 Å². The molecule has 1 aliphatic rings. The molecular formula is C14H20N2O2. The summed E-state index contributed by atoms with van der Waals surface area (Å²) in [4.78, 5) is 12.0. The van der Waals surface area contributed by atoms with Crippen molar-refractivity contribution in [1.82, 2.24) is 5.32 Å². The standard InChI is InChI=1S/C14H20N2O2/c1-8-7-12(9(2)10(3)13(8)17)16-14(18)11-5-4-6-15-11/h7,11,15,17H,4-6H2,1-3H3,(H,16,18). The molecule has 1 aliphatic heterocycles. The van der Waals surface area contributed by atoms with Gasteiger partial charge in [0.1, 0.15) is 5.75 Å². The fourth-order valence-corrected chi connectivity index (χ4v) is 2.33. The van der Waals surface area contributed by atoms with E-state index in [0.717, 1.165) is 41.8 Å². The van der Waals surface area contributed by atoms with Crippen molar-refractivity contribution in [3.63, 3.8) is 0 Å². The zero-order valence-electron chi connectivity index (χ0n) is 11.1. The van der Waals surface area contributed by atoms with Crippen LogP contribution in [-0.4, -0.2) is 23.6 Å². The summed E-state index contributed by atoms with van der Waals surface area (Å²) >= 11 is 0. The number of anilines is 1. The highest BCUT2D eigenvalue weighted by Crippen LogP contribution is 2.30. The van der Waals surface area contributed by atoms with Crippen molar-refractivity contribution < 1.29 is 9.90 Å². The van der Waals surface area contributed by atoms with Gasteiger partial charge < -0.3 is 15.7 Å². The number of hydrogen-bond acceptors (Lipinski definition) is 3. The summed E-state index contributed by atoms with van der Waals surface area (Å²) in [6, 6.07) is 1.74. The molecule has 98 valence electrons. The maximum atomic E-state index is 12.0. The summed E-state index contributed by atoms with van der Waals surface area (Å²) in [6.45, 7) is 6.52. The zero-order chi connectivity index (χ0) is 13.3. The molecule has 1 atom stereocenters. The van der Waals surface area contributed by atoms with Gasteiger partial charge in [0, 0.05) is 5.69 Å². The van der Waals surface area contributed by atoms with Gasteiger partial charge in [-0.3, -0.25) is 4.79 Å². The summed E-state index contributed by atoms with van der Waals surface area (Å²) in [5.74, 6) is 0.324. The lowest BCUT2D eigenvalue weighted by Gasteiger charge is -2.16. The Labute approximate surface area is 107 Å². The molecule has 0 spiro atoms. The molecule has 0 aromatic heterocycles. The Hall–Kier alpha value is -1.55. The van der Waals surface area contributed by atoms with E-state index in [1.165, 1.54) is 0 Å². The molecule has 0 saturated carbocycles. The van der Waals surface area contributed by atoms with Gasteiger partial charge >= 0.3 is 0 Å². The van der Waals surface area contributed by atoms with Crippen molar-refractivity contribution in [1.29, 1.82) is 0 Å².